The first-order valence-corrected chi connectivity index (χ1v) is 8.63. The Morgan fingerprint density at radius 3 is 2.54 bits per heavy atom. The predicted octanol–water partition coefficient (Wildman–Crippen LogP) is 4.20. The Hall–Kier alpha value is -3.36. The van der Waals surface area contributed by atoms with Gasteiger partial charge in [-0.2, -0.15) is 23.1 Å². The number of nitrogens with zero attached hydrogens (tertiary/aromatic N) is 4. The summed E-state index contributed by atoms with van der Waals surface area (Å²) in [6.45, 7) is 0. The summed E-state index contributed by atoms with van der Waals surface area (Å²) in [5.74, 6) is 0.379. The fourth-order valence-electron chi connectivity index (χ4n) is 3.25. The van der Waals surface area contributed by atoms with E-state index in [1.165, 1.54) is 16.7 Å². The van der Waals surface area contributed by atoms with Crippen LogP contribution < -0.4 is 5.69 Å². The smallest absolute Gasteiger partial charge is 0.416 e. The van der Waals surface area contributed by atoms with Crippen LogP contribution in [0.25, 0.3) is 28.2 Å². The fourth-order valence-corrected chi connectivity index (χ4v) is 3.25. The Balaban J connectivity index is 1.62. The third kappa shape index (κ3) is 2.70. The summed E-state index contributed by atoms with van der Waals surface area (Å²) in [7, 11) is 0. The molecule has 1 aliphatic rings. The van der Waals surface area contributed by atoms with Crippen molar-refractivity contribution in [2.45, 2.75) is 25.1 Å². The molecule has 1 fully saturated rings. The quantitative estimate of drug-likeness (QED) is 0.529. The Morgan fingerprint density at radius 2 is 1.86 bits per heavy atom. The van der Waals surface area contributed by atoms with E-state index in [4.69, 9.17) is 4.42 Å². The molecule has 4 aromatic rings. The monoisotopic (exact) mass is 386 g/mol. The molecule has 1 aromatic carbocycles. The van der Waals surface area contributed by atoms with E-state index >= 15 is 0 Å². The Kier molecular flexibility index (Phi) is 3.49. The summed E-state index contributed by atoms with van der Waals surface area (Å²) in [5.41, 5.74) is 0.462. The maximum absolute atomic E-state index is 12.8. The van der Waals surface area contributed by atoms with Gasteiger partial charge in [-0.15, -0.1) is 0 Å². The lowest BCUT2D eigenvalue weighted by molar-refractivity contribution is -0.137. The summed E-state index contributed by atoms with van der Waals surface area (Å²) < 4.78 is 47.1. The summed E-state index contributed by atoms with van der Waals surface area (Å²) in [6.07, 6.45) is 2.42. The Morgan fingerprint density at radius 1 is 1.11 bits per heavy atom. The first-order valence-electron chi connectivity index (χ1n) is 8.63. The van der Waals surface area contributed by atoms with Crippen LogP contribution in [-0.2, 0) is 6.18 Å². The molecule has 0 amide bonds. The number of oxazole rings is 1. The van der Waals surface area contributed by atoms with Crippen LogP contribution in [0.1, 0.15) is 24.4 Å². The SMILES string of the molecule is O=c1nc2ccn(C3CC3)c2cn1-c1ncoc1-c1ccc(C(F)(F)F)cc1. The van der Waals surface area contributed by atoms with Crippen molar-refractivity contribution in [1.82, 2.24) is 19.1 Å². The zero-order valence-electron chi connectivity index (χ0n) is 14.3. The second-order valence-electron chi connectivity index (χ2n) is 6.70. The lowest BCUT2D eigenvalue weighted by Crippen LogP contribution is -2.21. The molecule has 0 unspecified atom stereocenters. The maximum Gasteiger partial charge on any atom is 0.416 e. The first-order chi connectivity index (χ1) is 13.4. The van der Waals surface area contributed by atoms with E-state index < -0.39 is 17.4 Å². The van der Waals surface area contributed by atoms with Gasteiger partial charge in [0.25, 0.3) is 0 Å². The molecule has 0 bridgehead atoms. The van der Waals surface area contributed by atoms with Crippen molar-refractivity contribution in [3.05, 3.63) is 65.2 Å². The van der Waals surface area contributed by atoms with E-state index in [2.05, 4.69) is 14.5 Å². The minimum atomic E-state index is -4.43. The molecule has 1 saturated carbocycles. The molecule has 9 heteroatoms. The molecular formula is C19H13F3N4O2. The van der Waals surface area contributed by atoms with Gasteiger partial charge in [0.05, 0.1) is 16.6 Å². The zero-order chi connectivity index (χ0) is 19.5. The van der Waals surface area contributed by atoms with Crippen LogP contribution in [0.5, 0.6) is 0 Å². The zero-order valence-corrected chi connectivity index (χ0v) is 14.3. The standard InChI is InChI=1S/C19H13F3N4O2/c20-19(21,22)12-3-1-11(2-4-12)16-17(23-10-28-16)26-9-15-14(24-18(26)27)7-8-25(15)13-5-6-13/h1-4,7-10,13H,5-6H2. The molecule has 0 radical (unpaired) electrons. The van der Waals surface area contributed by atoms with Crippen LogP contribution in [0.15, 0.2) is 58.3 Å². The number of rotatable bonds is 3. The molecular weight excluding hydrogens is 373 g/mol. The predicted molar refractivity (Wildman–Crippen MR) is 94.1 cm³/mol. The van der Waals surface area contributed by atoms with Gasteiger partial charge in [-0.1, -0.05) is 12.1 Å². The van der Waals surface area contributed by atoms with Gasteiger partial charge in [-0.05, 0) is 31.0 Å². The van der Waals surface area contributed by atoms with Crippen molar-refractivity contribution in [1.29, 1.82) is 0 Å². The van der Waals surface area contributed by atoms with Crippen molar-refractivity contribution in [2.24, 2.45) is 0 Å². The maximum atomic E-state index is 12.8. The van der Waals surface area contributed by atoms with Crippen molar-refractivity contribution in [2.75, 3.05) is 0 Å². The van der Waals surface area contributed by atoms with E-state index in [1.807, 2.05) is 6.20 Å². The van der Waals surface area contributed by atoms with Crippen LogP contribution in [-0.4, -0.2) is 19.1 Å². The summed E-state index contributed by atoms with van der Waals surface area (Å²) in [5, 5.41) is 0. The second kappa shape index (κ2) is 5.82. The molecule has 0 saturated heterocycles. The molecule has 3 heterocycles. The highest BCUT2D eigenvalue weighted by atomic mass is 19.4. The Bertz CT molecular complexity index is 1230. The van der Waals surface area contributed by atoms with Gasteiger partial charge in [0, 0.05) is 24.0 Å². The topological polar surface area (TPSA) is 65.8 Å². The van der Waals surface area contributed by atoms with Gasteiger partial charge < -0.3 is 8.98 Å². The Labute approximate surface area is 155 Å². The number of aromatic nitrogens is 4. The van der Waals surface area contributed by atoms with Crippen molar-refractivity contribution in [3.63, 3.8) is 0 Å². The average Bonchev–Trinajstić information content (AvgIpc) is 3.24. The van der Waals surface area contributed by atoms with Gasteiger partial charge >= 0.3 is 11.9 Å². The minimum absolute atomic E-state index is 0.183. The molecule has 6 nitrogen and oxygen atoms in total. The summed E-state index contributed by atoms with van der Waals surface area (Å²) in [6, 6.07) is 6.69. The highest BCUT2D eigenvalue weighted by molar-refractivity contribution is 5.76. The van der Waals surface area contributed by atoms with Gasteiger partial charge in [0.1, 0.15) is 0 Å². The van der Waals surface area contributed by atoms with E-state index in [0.717, 1.165) is 36.9 Å². The summed E-state index contributed by atoms with van der Waals surface area (Å²) in [4.78, 5) is 20.7. The van der Waals surface area contributed by atoms with Crippen LogP contribution in [0, 0.1) is 0 Å². The minimum Gasteiger partial charge on any atom is -0.441 e. The molecule has 3 aromatic heterocycles. The second-order valence-corrected chi connectivity index (χ2v) is 6.70. The van der Waals surface area contributed by atoms with Crippen LogP contribution in [0.2, 0.25) is 0 Å². The van der Waals surface area contributed by atoms with Gasteiger partial charge in [0.2, 0.25) is 0 Å². The van der Waals surface area contributed by atoms with Crippen LogP contribution >= 0.6 is 0 Å². The molecule has 0 spiro atoms. The fraction of sp³-hybridized carbons (Fsp3) is 0.211. The molecule has 0 N–H and O–H groups in total. The van der Waals surface area contributed by atoms with E-state index in [1.54, 1.807) is 12.3 Å². The first kappa shape index (κ1) is 16.8. The number of hydrogen-bond donors (Lipinski definition) is 0. The van der Waals surface area contributed by atoms with Crippen molar-refractivity contribution in [3.8, 4) is 17.1 Å². The molecule has 5 rings (SSSR count). The number of alkyl halides is 3. The molecule has 28 heavy (non-hydrogen) atoms. The van der Waals surface area contributed by atoms with Crippen molar-refractivity contribution < 1.29 is 17.6 Å². The molecule has 0 atom stereocenters. The van der Waals surface area contributed by atoms with Gasteiger partial charge in [-0.3, -0.25) is 0 Å². The normalized spacial score (nSPS) is 14.7. The van der Waals surface area contributed by atoms with Crippen molar-refractivity contribution >= 4 is 11.0 Å². The third-order valence-corrected chi connectivity index (χ3v) is 4.80. The number of halogens is 3. The number of fused-ring (bicyclic) bond motifs is 1. The molecule has 1 aliphatic carbocycles. The van der Waals surface area contributed by atoms with Crippen LogP contribution in [0.4, 0.5) is 13.2 Å². The average molecular weight is 386 g/mol. The molecule has 0 aliphatic heterocycles. The van der Waals surface area contributed by atoms with Gasteiger partial charge in [0.15, 0.2) is 18.0 Å². The lowest BCUT2D eigenvalue weighted by atomic mass is 10.1. The number of benzene rings is 1. The van der Waals surface area contributed by atoms with E-state index in [9.17, 15) is 18.0 Å². The van der Waals surface area contributed by atoms with Gasteiger partial charge in [-0.25, -0.2) is 9.36 Å². The van der Waals surface area contributed by atoms with E-state index in [-0.39, 0.29) is 11.6 Å². The lowest BCUT2D eigenvalue weighted by Gasteiger charge is -2.08. The highest BCUT2D eigenvalue weighted by Gasteiger charge is 2.30. The third-order valence-electron chi connectivity index (χ3n) is 4.80. The molecule has 142 valence electrons. The van der Waals surface area contributed by atoms with Crippen LogP contribution in [0.3, 0.4) is 0 Å². The number of hydrogen-bond acceptors (Lipinski definition) is 4. The largest absolute Gasteiger partial charge is 0.441 e. The highest BCUT2D eigenvalue weighted by Crippen LogP contribution is 2.37. The van der Waals surface area contributed by atoms with E-state index in [0.29, 0.717) is 17.1 Å². The summed E-state index contributed by atoms with van der Waals surface area (Å²) >= 11 is 0.